The van der Waals surface area contributed by atoms with E-state index < -0.39 is 17.3 Å². The number of hydrogen-bond acceptors (Lipinski definition) is 3. The molecule has 1 aliphatic heterocycles. The molecule has 1 N–H and O–H groups in total. The molecule has 4 rings (SSSR count). The molecule has 1 saturated heterocycles. The van der Waals surface area contributed by atoms with Gasteiger partial charge in [-0.05, 0) is 41.8 Å². The Kier molecular flexibility index (Phi) is 5.03. The first-order valence-corrected chi connectivity index (χ1v) is 9.43. The van der Waals surface area contributed by atoms with Gasteiger partial charge in [-0.15, -0.1) is 0 Å². The molecule has 2 heterocycles. The zero-order valence-electron chi connectivity index (χ0n) is 15.2. The van der Waals surface area contributed by atoms with Gasteiger partial charge in [0.1, 0.15) is 0 Å². The van der Waals surface area contributed by atoms with Crippen LogP contribution >= 0.6 is 11.6 Å². The van der Waals surface area contributed by atoms with E-state index in [1.54, 1.807) is 30.3 Å². The highest BCUT2D eigenvalue weighted by Gasteiger charge is 2.30. The lowest BCUT2D eigenvalue weighted by Gasteiger charge is -2.23. The minimum atomic E-state index is -0.823. The summed E-state index contributed by atoms with van der Waals surface area (Å²) >= 11 is 6.61. The lowest BCUT2D eigenvalue weighted by atomic mass is 9.88. The van der Waals surface area contributed by atoms with Gasteiger partial charge in [0.2, 0.25) is 11.8 Å². The van der Waals surface area contributed by atoms with Crippen LogP contribution in [0.3, 0.4) is 0 Å². The van der Waals surface area contributed by atoms with E-state index in [9.17, 15) is 18.8 Å². The highest BCUT2D eigenvalue weighted by atomic mass is 35.5. The van der Waals surface area contributed by atoms with Gasteiger partial charge in [0.25, 0.3) is 5.56 Å². The fraction of sp³-hybridized carbons (Fsp3) is 0.136. The maximum Gasteiger partial charge on any atom is 0.291 e. The van der Waals surface area contributed by atoms with Crippen molar-refractivity contribution in [1.29, 1.82) is 0 Å². The summed E-state index contributed by atoms with van der Waals surface area (Å²) in [5.41, 5.74) is 1.98. The number of halogens is 2. The number of piperidine rings is 1. The van der Waals surface area contributed by atoms with Crippen molar-refractivity contribution in [2.24, 2.45) is 0 Å². The number of nitrogens with one attached hydrogen (secondary N) is 1. The van der Waals surface area contributed by atoms with E-state index in [4.69, 9.17) is 11.6 Å². The van der Waals surface area contributed by atoms with E-state index in [2.05, 4.69) is 5.32 Å². The fourth-order valence-electron chi connectivity index (χ4n) is 3.50. The molecular formula is C22H16ClFN2O3. The molecule has 1 fully saturated rings. The number of pyridine rings is 1. The van der Waals surface area contributed by atoms with Gasteiger partial charge in [0.15, 0.2) is 5.82 Å². The molecule has 0 unspecified atom stereocenters. The number of benzene rings is 2. The Morgan fingerprint density at radius 3 is 2.48 bits per heavy atom. The van der Waals surface area contributed by atoms with E-state index in [0.29, 0.717) is 22.7 Å². The number of rotatable bonds is 3. The normalized spacial score (nSPS) is 16.6. The Morgan fingerprint density at radius 2 is 1.76 bits per heavy atom. The van der Waals surface area contributed by atoms with E-state index >= 15 is 0 Å². The molecule has 1 atom stereocenters. The fourth-order valence-corrected chi connectivity index (χ4v) is 3.87. The van der Waals surface area contributed by atoms with Crippen molar-refractivity contribution >= 4 is 23.4 Å². The van der Waals surface area contributed by atoms with Gasteiger partial charge in [0, 0.05) is 23.9 Å². The predicted molar refractivity (Wildman–Crippen MR) is 108 cm³/mol. The minimum Gasteiger partial charge on any atom is -0.296 e. The lowest BCUT2D eigenvalue weighted by Crippen LogP contribution is -2.39. The summed E-state index contributed by atoms with van der Waals surface area (Å²) < 4.78 is 14.8. The van der Waals surface area contributed by atoms with Gasteiger partial charge < -0.3 is 0 Å². The van der Waals surface area contributed by atoms with Crippen molar-refractivity contribution in [2.75, 3.05) is 0 Å². The van der Waals surface area contributed by atoms with Gasteiger partial charge in [0.05, 0.1) is 10.9 Å². The van der Waals surface area contributed by atoms with Gasteiger partial charge >= 0.3 is 0 Å². The maximum absolute atomic E-state index is 13.5. The third kappa shape index (κ3) is 3.59. The van der Waals surface area contributed by atoms with Gasteiger partial charge in [-0.2, -0.15) is 0 Å². The van der Waals surface area contributed by atoms with Crippen LogP contribution in [0.2, 0.25) is 5.02 Å². The van der Waals surface area contributed by atoms with E-state index in [0.717, 1.165) is 17.2 Å². The van der Waals surface area contributed by atoms with Crippen LogP contribution in [-0.4, -0.2) is 16.4 Å². The SMILES string of the molecule is O=C1CC[C@@H](c2cccc(-c3ccc(-n4cccc(F)c4=O)cc3)c2Cl)C(=O)N1. The van der Waals surface area contributed by atoms with E-state index in [1.807, 2.05) is 12.1 Å². The summed E-state index contributed by atoms with van der Waals surface area (Å²) in [4.78, 5) is 35.6. The van der Waals surface area contributed by atoms with Crippen LogP contribution in [0.1, 0.15) is 24.3 Å². The molecule has 1 aliphatic rings. The van der Waals surface area contributed by atoms with Crippen molar-refractivity contribution in [3.8, 4) is 16.8 Å². The van der Waals surface area contributed by atoms with Crippen LogP contribution in [0.25, 0.3) is 16.8 Å². The van der Waals surface area contributed by atoms with Crippen LogP contribution in [0.5, 0.6) is 0 Å². The minimum absolute atomic E-state index is 0.272. The first-order chi connectivity index (χ1) is 14.0. The maximum atomic E-state index is 13.5. The summed E-state index contributed by atoms with van der Waals surface area (Å²) in [6.07, 6.45) is 2.18. The zero-order valence-corrected chi connectivity index (χ0v) is 15.9. The van der Waals surface area contributed by atoms with Crippen molar-refractivity contribution in [3.63, 3.8) is 0 Å². The average Bonchev–Trinajstić information content (AvgIpc) is 2.71. The molecule has 1 aromatic heterocycles. The number of carbonyl (C=O) groups excluding carboxylic acids is 2. The molecule has 7 heteroatoms. The number of amides is 2. The monoisotopic (exact) mass is 410 g/mol. The molecule has 3 aromatic rings. The Bertz CT molecular complexity index is 1170. The van der Waals surface area contributed by atoms with Crippen molar-refractivity contribution in [2.45, 2.75) is 18.8 Å². The van der Waals surface area contributed by atoms with Gasteiger partial charge in [-0.25, -0.2) is 4.39 Å². The quantitative estimate of drug-likeness (QED) is 0.667. The second-order valence-electron chi connectivity index (χ2n) is 6.79. The smallest absolute Gasteiger partial charge is 0.291 e. The molecule has 0 saturated carbocycles. The number of carbonyl (C=O) groups is 2. The number of imide groups is 1. The summed E-state index contributed by atoms with van der Waals surface area (Å²) in [6, 6.07) is 15.0. The first-order valence-electron chi connectivity index (χ1n) is 9.06. The molecule has 0 bridgehead atoms. The molecule has 0 spiro atoms. The standard InChI is InChI=1S/C22H16ClFN2O3/c23-20-15(3-1-4-16(20)17-10-11-19(27)25-21(17)28)13-6-8-14(9-7-13)26-12-2-5-18(24)22(26)29/h1-9,12,17H,10-11H2,(H,25,27,28)/t17-/m0/s1. The first kappa shape index (κ1) is 19.1. The van der Waals surface area contributed by atoms with Crippen LogP contribution in [0.15, 0.2) is 65.6 Å². The molecule has 29 heavy (non-hydrogen) atoms. The Balaban J connectivity index is 1.69. The number of aromatic nitrogens is 1. The van der Waals surface area contributed by atoms with Crippen molar-refractivity contribution in [1.82, 2.24) is 9.88 Å². The molecule has 5 nitrogen and oxygen atoms in total. The molecular weight excluding hydrogens is 395 g/mol. The van der Waals surface area contributed by atoms with Crippen LogP contribution in [-0.2, 0) is 9.59 Å². The molecule has 2 amide bonds. The summed E-state index contributed by atoms with van der Waals surface area (Å²) in [6.45, 7) is 0. The Morgan fingerprint density at radius 1 is 1.00 bits per heavy atom. The Labute approximate surface area is 170 Å². The second kappa shape index (κ2) is 7.64. The number of nitrogens with zero attached hydrogens (tertiary/aromatic N) is 1. The van der Waals surface area contributed by atoms with Crippen LogP contribution in [0.4, 0.5) is 4.39 Å². The highest BCUT2D eigenvalue weighted by molar-refractivity contribution is 6.34. The van der Waals surface area contributed by atoms with Gasteiger partial charge in [-0.3, -0.25) is 24.3 Å². The largest absolute Gasteiger partial charge is 0.296 e. The van der Waals surface area contributed by atoms with Crippen LogP contribution in [0, 0.1) is 5.82 Å². The predicted octanol–water partition coefficient (Wildman–Crippen LogP) is 3.82. The van der Waals surface area contributed by atoms with Crippen molar-refractivity contribution in [3.05, 3.63) is 87.6 Å². The molecule has 146 valence electrons. The van der Waals surface area contributed by atoms with Crippen molar-refractivity contribution < 1.29 is 14.0 Å². The second-order valence-corrected chi connectivity index (χ2v) is 7.17. The van der Waals surface area contributed by atoms with Crippen LogP contribution < -0.4 is 10.9 Å². The van der Waals surface area contributed by atoms with E-state index in [1.165, 1.54) is 16.8 Å². The third-order valence-electron chi connectivity index (χ3n) is 5.00. The number of hydrogen-bond donors (Lipinski definition) is 1. The zero-order chi connectivity index (χ0) is 20.5. The summed E-state index contributed by atoms with van der Waals surface area (Å²) in [5, 5.41) is 2.79. The summed E-state index contributed by atoms with van der Waals surface area (Å²) in [5.74, 6) is -1.93. The Hall–Kier alpha value is -3.25. The molecule has 0 radical (unpaired) electrons. The topological polar surface area (TPSA) is 68.2 Å². The average molecular weight is 411 g/mol. The third-order valence-corrected chi connectivity index (χ3v) is 5.42. The molecule has 2 aromatic carbocycles. The highest BCUT2D eigenvalue weighted by Crippen LogP contribution is 2.37. The molecule has 0 aliphatic carbocycles. The summed E-state index contributed by atoms with van der Waals surface area (Å²) in [7, 11) is 0. The lowest BCUT2D eigenvalue weighted by molar-refractivity contribution is -0.134. The van der Waals surface area contributed by atoms with E-state index in [-0.39, 0.29) is 18.2 Å². The van der Waals surface area contributed by atoms with Gasteiger partial charge in [-0.1, -0.05) is 41.9 Å².